The van der Waals surface area contributed by atoms with Gasteiger partial charge in [-0.2, -0.15) is 4.98 Å². The molecule has 1 aliphatic carbocycles. The number of rotatable bonds is 8. The van der Waals surface area contributed by atoms with E-state index in [2.05, 4.69) is 5.16 Å². The molecule has 8 nitrogen and oxygen atoms in total. The van der Waals surface area contributed by atoms with Gasteiger partial charge in [0.2, 0.25) is 5.89 Å². The highest BCUT2D eigenvalue weighted by molar-refractivity contribution is 5.95. The Bertz CT molecular complexity index is 872. The first-order chi connectivity index (χ1) is 14.6. The summed E-state index contributed by atoms with van der Waals surface area (Å²) in [5, 5.41) is 4.33. The summed E-state index contributed by atoms with van der Waals surface area (Å²) in [6, 6.07) is 5.25. The van der Waals surface area contributed by atoms with Crippen LogP contribution in [0.2, 0.25) is 0 Å². The number of amides is 1. The Balaban J connectivity index is 1.60. The number of likely N-dealkylation sites (tertiary alicyclic amines) is 1. The van der Waals surface area contributed by atoms with Crippen molar-refractivity contribution in [3.8, 4) is 11.5 Å². The first-order valence-corrected chi connectivity index (χ1v) is 10.4. The molecular weight excluding hydrogens is 386 g/mol. The van der Waals surface area contributed by atoms with E-state index in [0.717, 1.165) is 38.0 Å². The van der Waals surface area contributed by atoms with E-state index in [1.165, 1.54) is 0 Å². The Labute approximate surface area is 176 Å². The van der Waals surface area contributed by atoms with Crippen molar-refractivity contribution in [2.45, 2.75) is 43.4 Å². The normalized spacial score (nSPS) is 21.5. The summed E-state index contributed by atoms with van der Waals surface area (Å²) in [5.41, 5.74) is 0.171. The predicted molar refractivity (Wildman–Crippen MR) is 109 cm³/mol. The molecule has 1 unspecified atom stereocenters. The Morgan fingerprint density at radius 3 is 2.57 bits per heavy atom. The van der Waals surface area contributed by atoms with E-state index in [0.29, 0.717) is 48.5 Å². The number of hydrogen-bond donors (Lipinski definition) is 0. The molecule has 30 heavy (non-hydrogen) atoms. The van der Waals surface area contributed by atoms with Gasteiger partial charge in [0.25, 0.3) is 5.91 Å². The maximum absolute atomic E-state index is 13.4. The third kappa shape index (κ3) is 4.14. The van der Waals surface area contributed by atoms with Crippen LogP contribution in [-0.4, -0.2) is 62.0 Å². The predicted octanol–water partition coefficient (Wildman–Crippen LogP) is 3.17. The quantitative estimate of drug-likeness (QED) is 0.654. The van der Waals surface area contributed by atoms with Crippen LogP contribution in [0.5, 0.6) is 11.5 Å². The number of hydrogen-bond acceptors (Lipinski definition) is 7. The molecule has 1 saturated heterocycles. The van der Waals surface area contributed by atoms with Crippen LogP contribution in [0.15, 0.2) is 22.7 Å². The SMILES string of the molecule is COCCC1(c2noc(C3CC3)n2)CCCN(C(=O)c2cc(OC)cc(OC)c2)C1. The second-order valence-corrected chi connectivity index (χ2v) is 8.19. The average Bonchev–Trinajstić information content (AvgIpc) is 3.52. The van der Waals surface area contributed by atoms with Crippen molar-refractivity contribution in [3.63, 3.8) is 0 Å². The highest BCUT2D eigenvalue weighted by atomic mass is 16.5. The second kappa shape index (κ2) is 8.63. The molecule has 2 aromatic rings. The summed E-state index contributed by atoms with van der Waals surface area (Å²) in [6.45, 7) is 1.78. The number of piperidine rings is 1. The highest BCUT2D eigenvalue weighted by Gasteiger charge is 2.43. The average molecular weight is 415 g/mol. The van der Waals surface area contributed by atoms with Gasteiger partial charge in [0.05, 0.1) is 19.6 Å². The molecule has 0 bridgehead atoms. The summed E-state index contributed by atoms with van der Waals surface area (Å²) < 4.78 is 21.6. The van der Waals surface area contributed by atoms with E-state index in [-0.39, 0.29) is 11.3 Å². The van der Waals surface area contributed by atoms with Crippen molar-refractivity contribution in [2.24, 2.45) is 0 Å². The Hall–Kier alpha value is -2.61. The van der Waals surface area contributed by atoms with E-state index < -0.39 is 0 Å². The van der Waals surface area contributed by atoms with Gasteiger partial charge in [-0.3, -0.25) is 4.79 Å². The minimum absolute atomic E-state index is 0.0559. The zero-order valence-electron chi connectivity index (χ0n) is 17.8. The lowest BCUT2D eigenvalue weighted by Gasteiger charge is -2.41. The molecule has 0 spiro atoms. The third-order valence-electron chi connectivity index (χ3n) is 6.09. The van der Waals surface area contributed by atoms with Gasteiger partial charge in [-0.25, -0.2) is 0 Å². The molecule has 1 aromatic heterocycles. The fourth-order valence-corrected chi connectivity index (χ4v) is 4.16. The molecular formula is C22H29N3O5. The summed E-state index contributed by atoms with van der Waals surface area (Å²) >= 11 is 0. The molecule has 2 heterocycles. The zero-order valence-corrected chi connectivity index (χ0v) is 17.8. The fourth-order valence-electron chi connectivity index (χ4n) is 4.16. The first kappa shape index (κ1) is 20.7. The van der Waals surface area contributed by atoms with Gasteiger partial charge in [0.15, 0.2) is 5.82 Å². The van der Waals surface area contributed by atoms with Crippen LogP contribution in [0.1, 0.15) is 60.1 Å². The number of carbonyl (C=O) groups excluding carboxylic acids is 1. The van der Waals surface area contributed by atoms with Crippen molar-refractivity contribution >= 4 is 5.91 Å². The number of methoxy groups -OCH3 is 3. The smallest absolute Gasteiger partial charge is 0.254 e. The lowest BCUT2D eigenvalue weighted by atomic mass is 9.76. The topological polar surface area (TPSA) is 86.9 Å². The zero-order chi connectivity index (χ0) is 21.1. The number of nitrogens with zero attached hydrogens (tertiary/aromatic N) is 3. The molecule has 2 aliphatic rings. The fraction of sp³-hybridized carbons (Fsp3) is 0.591. The number of benzene rings is 1. The van der Waals surface area contributed by atoms with Crippen molar-refractivity contribution < 1.29 is 23.5 Å². The number of ether oxygens (including phenoxy) is 3. The van der Waals surface area contributed by atoms with Crippen molar-refractivity contribution in [2.75, 3.05) is 41.0 Å². The van der Waals surface area contributed by atoms with Gasteiger partial charge in [0, 0.05) is 44.4 Å². The van der Waals surface area contributed by atoms with Crippen molar-refractivity contribution in [1.29, 1.82) is 0 Å². The number of aromatic nitrogens is 2. The Morgan fingerprint density at radius 2 is 1.93 bits per heavy atom. The van der Waals surface area contributed by atoms with Gasteiger partial charge < -0.3 is 23.6 Å². The van der Waals surface area contributed by atoms with E-state index in [4.69, 9.17) is 23.7 Å². The molecule has 1 amide bonds. The van der Waals surface area contributed by atoms with Crippen LogP contribution in [-0.2, 0) is 10.2 Å². The maximum atomic E-state index is 13.4. The van der Waals surface area contributed by atoms with Crippen molar-refractivity contribution in [1.82, 2.24) is 15.0 Å². The van der Waals surface area contributed by atoms with Gasteiger partial charge in [0.1, 0.15) is 11.5 Å². The minimum atomic E-state index is -0.372. The van der Waals surface area contributed by atoms with Crippen LogP contribution < -0.4 is 9.47 Å². The molecule has 1 aliphatic heterocycles. The molecule has 4 rings (SSSR count). The van der Waals surface area contributed by atoms with Crippen molar-refractivity contribution in [3.05, 3.63) is 35.5 Å². The van der Waals surface area contributed by atoms with E-state index in [1.807, 2.05) is 4.90 Å². The summed E-state index contributed by atoms with van der Waals surface area (Å²) in [5.74, 6) is 2.95. The van der Waals surface area contributed by atoms with Gasteiger partial charge in [-0.05, 0) is 44.2 Å². The van der Waals surface area contributed by atoms with E-state index >= 15 is 0 Å². The molecule has 0 radical (unpaired) electrons. The standard InChI is InChI=1S/C22H29N3O5/c1-27-10-8-22(21-23-19(30-24-21)15-5-6-15)7-4-9-25(14-22)20(26)16-11-17(28-2)13-18(12-16)29-3/h11-13,15H,4-10,14H2,1-3H3. The van der Waals surface area contributed by atoms with Crippen LogP contribution in [0, 0.1) is 0 Å². The van der Waals surface area contributed by atoms with Gasteiger partial charge in [-0.1, -0.05) is 5.16 Å². The van der Waals surface area contributed by atoms with E-state index in [9.17, 15) is 4.79 Å². The molecule has 0 N–H and O–H groups in total. The maximum Gasteiger partial charge on any atom is 0.254 e. The Kier molecular flexibility index (Phi) is 5.94. The lowest BCUT2D eigenvalue weighted by Crippen LogP contribution is -2.49. The van der Waals surface area contributed by atoms with Crippen LogP contribution >= 0.6 is 0 Å². The van der Waals surface area contributed by atoms with Crippen LogP contribution in [0.4, 0.5) is 0 Å². The van der Waals surface area contributed by atoms with Crippen LogP contribution in [0.25, 0.3) is 0 Å². The Morgan fingerprint density at radius 1 is 1.20 bits per heavy atom. The molecule has 1 aromatic carbocycles. The monoisotopic (exact) mass is 415 g/mol. The summed E-state index contributed by atoms with van der Waals surface area (Å²) in [7, 11) is 4.84. The highest BCUT2D eigenvalue weighted by Crippen LogP contribution is 2.42. The summed E-state index contributed by atoms with van der Waals surface area (Å²) in [6.07, 6.45) is 4.71. The molecule has 8 heteroatoms. The molecule has 1 saturated carbocycles. The molecule has 162 valence electrons. The minimum Gasteiger partial charge on any atom is -0.497 e. The van der Waals surface area contributed by atoms with E-state index in [1.54, 1.807) is 39.5 Å². The second-order valence-electron chi connectivity index (χ2n) is 8.19. The summed E-state index contributed by atoms with van der Waals surface area (Å²) in [4.78, 5) is 20.0. The molecule has 1 atom stereocenters. The third-order valence-corrected chi connectivity index (χ3v) is 6.09. The van der Waals surface area contributed by atoms with Gasteiger partial charge >= 0.3 is 0 Å². The van der Waals surface area contributed by atoms with Gasteiger partial charge in [-0.15, -0.1) is 0 Å². The largest absolute Gasteiger partial charge is 0.497 e. The van der Waals surface area contributed by atoms with Crippen LogP contribution in [0.3, 0.4) is 0 Å². The molecule has 2 fully saturated rings. The number of carbonyl (C=O) groups is 1. The lowest BCUT2D eigenvalue weighted by molar-refractivity contribution is 0.0566. The first-order valence-electron chi connectivity index (χ1n) is 10.4.